The third-order valence-electron chi connectivity index (χ3n) is 3.41. The summed E-state index contributed by atoms with van der Waals surface area (Å²) in [5.41, 5.74) is 5.75. The number of hydrogen-bond donors (Lipinski definition) is 2. The lowest BCUT2D eigenvalue weighted by Gasteiger charge is -2.25. The molecule has 0 aromatic carbocycles. The van der Waals surface area contributed by atoms with Gasteiger partial charge in [0.15, 0.2) is 0 Å². The van der Waals surface area contributed by atoms with Crippen LogP contribution in [0.1, 0.15) is 20.3 Å². The van der Waals surface area contributed by atoms with Crippen molar-refractivity contribution in [2.24, 2.45) is 11.7 Å². The van der Waals surface area contributed by atoms with Gasteiger partial charge in [-0.15, -0.1) is 0 Å². The zero-order valence-corrected chi connectivity index (χ0v) is 11.1. The highest BCUT2D eigenvalue weighted by atomic mass is 16.5. The van der Waals surface area contributed by atoms with Crippen LogP contribution < -0.4 is 11.1 Å². The molecule has 1 saturated heterocycles. The summed E-state index contributed by atoms with van der Waals surface area (Å²) in [7, 11) is 1.63. The van der Waals surface area contributed by atoms with E-state index < -0.39 is 0 Å². The molecule has 3 N–H and O–H groups in total. The molecule has 1 aliphatic heterocycles. The first kappa shape index (κ1) is 14.4. The maximum atomic E-state index is 11.8. The molecule has 1 amide bonds. The number of nitrogens with one attached hydrogen (secondary N) is 1. The Morgan fingerprint density at radius 1 is 1.65 bits per heavy atom. The van der Waals surface area contributed by atoms with Crippen LogP contribution in [0.5, 0.6) is 0 Å². The van der Waals surface area contributed by atoms with E-state index in [1.165, 1.54) is 0 Å². The summed E-state index contributed by atoms with van der Waals surface area (Å²) in [4.78, 5) is 14.0. The number of carbonyl (C=O) groups is 1. The van der Waals surface area contributed by atoms with Gasteiger partial charge in [0.2, 0.25) is 5.91 Å². The second kappa shape index (κ2) is 6.93. The van der Waals surface area contributed by atoms with Crippen LogP contribution in [0.15, 0.2) is 0 Å². The van der Waals surface area contributed by atoms with Crippen molar-refractivity contribution in [3.8, 4) is 0 Å². The number of methoxy groups -OCH3 is 1. The van der Waals surface area contributed by atoms with Crippen LogP contribution in [-0.4, -0.2) is 56.2 Å². The summed E-state index contributed by atoms with van der Waals surface area (Å²) in [5.74, 6) is 0.645. The minimum atomic E-state index is 0.0575. The van der Waals surface area contributed by atoms with Gasteiger partial charge in [-0.25, -0.2) is 0 Å². The van der Waals surface area contributed by atoms with E-state index in [0.717, 1.165) is 13.0 Å². The van der Waals surface area contributed by atoms with E-state index in [0.29, 0.717) is 31.7 Å². The van der Waals surface area contributed by atoms with Crippen LogP contribution in [0, 0.1) is 5.92 Å². The molecule has 1 heterocycles. The normalized spacial score (nSPS) is 27.1. The van der Waals surface area contributed by atoms with Crippen molar-refractivity contribution in [3.05, 3.63) is 0 Å². The third kappa shape index (κ3) is 4.26. The van der Waals surface area contributed by atoms with Gasteiger partial charge in [0.1, 0.15) is 0 Å². The van der Waals surface area contributed by atoms with Crippen LogP contribution in [0.3, 0.4) is 0 Å². The molecule has 5 nitrogen and oxygen atoms in total. The lowest BCUT2D eigenvalue weighted by atomic mass is 10.0. The van der Waals surface area contributed by atoms with Crippen LogP contribution in [0.4, 0.5) is 0 Å². The number of likely N-dealkylation sites (tertiary alicyclic amines) is 1. The lowest BCUT2D eigenvalue weighted by molar-refractivity contribution is -0.123. The van der Waals surface area contributed by atoms with Gasteiger partial charge in [-0.2, -0.15) is 0 Å². The Kier molecular flexibility index (Phi) is 5.88. The number of amides is 1. The van der Waals surface area contributed by atoms with E-state index in [1.54, 1.807) is 7.11 Å². The highest BCUT2D eigenvalue weighted by molar-refractivity contribution is 5.78. The number of rotatable bonds is 6. The standard InChI is InChI=1S/C12H25N3O2/c1-9-4-5-15(11(9)6-13)7-12(16)14-10(2)8-17-3/h9-11H,4-8,13H2,1-3H3,(H,14,16). The summed E-state index contributed by atoms with van der Waals surface area (Å²) in [6, 6.07) is 0.405. The number of nitrogens with two attached hydrogens (primary N) is 1. The van der Waals surface area contributed by atoms with Crippen molar-refractivity contribution in [1.29, 1.82) is 0 Å². The van der Waals surface area contributed by atoms with Crippen molar-refractivity contribution in [1.82, 2.24) is 10.2 Å². The van der Waals surface area contributed by atoms with Crippen molar-refractivity contribution in [3.63, 3.8) is 0 Å². The average Bonchev–Trinajstić information content (AvgIpc) is 2.59. The van der Waals surface area contributed by atoms with Crippen LogP contribution >= 0.6 is 0 Å². The second-order valence-electron chi connectivity index (χ2n) is 4.96. The monoisotopic (exact) mass is 243 g/mol. The van der Waals surface area contributed by atoms with E-state index in [2.05, 4.69) is 17.1 Å². The smallest absolute Gasteiger partial charge is 0.234 e. The first-order valence-corrected chi connectivity index (χ1v) is 6.30. The third-order valence-corrected chi connectivity index (χ3v) is 3.41. The van der Waals surface area contributed by atoms with Crippen molar-refractivity contribution < 1.29 is 9.53 Å². The van der Waals surface area contributed by atoms with Crippen molar-refractivity contribution in [2.45, 2.75) is 32.4 Å². The average molecular weight is 243 g/mol. The highest BCUT2D eigenvalue weighted by Gasteiger charge is 2.31. The van der Waals surface area contributed by atoms with Gasteiger partial charge in [-0.1, -0.05) is 6.92 Å². The molecule has 3 atom stereocenters. The molecule has 0 radical (unpaired) electrons. The molecular formula is C12H25N3O2. The summed E-state index contributed by atoms with van der Waals surface area (Å²) >= 11 is 0. The quantitative estimate of drug-likeness (QED) is 0.678. The number of ether oxygens (including phenoxy) is 1. The topological polar surface area (TPSA) is 67.6 Å². The molecule has 0 aromatic rings. The minimum absolute atomic E-state index is 0.0575. The zero-order valence-electron chi connectivity index (χ0n) is 11.1. The second-order valence-corrected chi connectivity index (χ2v) is 4.96. The fourth-order valence-electron chi connectivity index (χ4n) is 2.46. The fourth-order valence-corrected chi connectivity index (χ4v) is 2.46. The van der Waals surface area contributed by atoms with Crippen LogP contribution in [0.2, 0.25) is 0 Å². The molecular weight excluding hydrogens is 218 g/mol. The van der Waals surface area contributed by atoms with E-state index in [-0.39, 0.29) is 11.9 Å². The SMILES string of the molecule is COCC(C)NC(=O)CN1CCC(C)C1CN. The Hall–Kier alpha value is -0.650. The molecule has 0 aromatic heterocycles. The zero-order chi connectivity index (χ0) is 12.8. The molecule has 1 fully saturated rings. The van der Waals surface area contributed by atoms with Crippen molar-refractivity contribution in [2.75, 3.05) is 33.4 Å². The fraction of sp³-hybridized carbons (Fsp3) is 0.917. The van der Waals surface area contributed by atoms with E-state index >= 15 is 0 Å². The maximum Gasteiger partial charge on any atom is 0.234 e. The molecule has 1 aliphatic rings. The van der Waals surface area contributed by atoms with Gasteiger partial charge < -0.3 is 15.8 Å². The van der Waals surface area contributed by atoms with E-state index in [4.69, 9.17) is 10.5 Å². The van der Waals surface area contributed by atoms with Crippen LogP contribution in [0.25, 0.3) is 0 Å². The lowest BCUT2D eigenvalue weighted by Crippen LogP contribution is -2.46. The predicted octanol–water partition coefficient (Wildman–Crippen LogP) is -0.193. The van der Waals surface area contributed by atoms with E-state index in [9.17, 15) is 4.79 Å². The number of carbonyl (C=O) groups excluding carboxylic acids is 1. The molecule has 17 heavy (non-hydrogen) atoms. The van der Waals surface area contributed by atoms with E-state index in [1.807, 2.05) is 6.92 Å². The molecule has 5 heteroatoms. The minimum Gasteiger partial charge on any atom is -0.383 e. The molecule has 0 bridgehead atoms. The number of nitrogens with zero attached hydrogens (tertiary/aromatic N) is 1. The van der Waals surface area contributed by atoms with Gasteiger partial charge >= 0.3 is 0 Å². The van der Waals surface area contributed by atoms with Gasteiger partial charge in [0.25, 0.3) is 0 Å². The summed E-state index contributed by atoms with van der Waals surface area (Å²) in [6.45, 7) is 6.72. The Balaban J connectivity index is 2.35. The van der Waals surface area contributed by atoms with Gasteiger partial charge in [0.05, 0.1) is 13.2 Å². The molecule has 3 unspecified atom stereocenters. The molecule has 1 rings (SSSR count). The Morgan fingerprint density at radius 3 is 2.94 bits per heavy atom. The van der Waals surface area contributed by atoms with Gasteiger partial charge in [-0.05, 0) is 25.8 Å². The maximum absolute atomic E-state index is 11.8. The largest absolute Gasteiger partial charge is 0.383 e. The molecule has 0 aliphatic carbocycles. The van der Waals surface area contributed by atoms with Crippen molar-refractivity contribution >= 4 is 5.91 Å². The summed E-state index contributed by atoms with van der Waals surface area (Å²) in [5, 5.41) is 2.92. The molecule has 0 saturated carbocycles. The Labute approximate surface area is 104 Å². The molecule has 100 valence electrons. The summed E-state index contributed by atoms with van der Waals surface area (Å²) in [6.07, 6.45) is 1.13. The Morgan fingerprint density at radius 2 is 2.35 bits per heavy atom. The first-order chi connectivity index (χ1) is 8.08. The van der Waals surface area contributed by atoms with Gasteiger partial charge in [0, 0.05) is 25.7 Å². The molecule has 0 spiro atoms. The van der Waals surface area contributed by atoms with Gasteiger partial charge in [-0.3, -0.25) is 9.69 Å². The summed E-state index contributed by atoms with van der Waals surface area (Å²) < 4.78 is 4.99. The first-order valence-electron chi connectivity index (χ1n) is 6.30. The number of hydrogen-bond acceptors (Lipinski definition) is 4. The Bertz CT molecular complexity index is 248. The predicted molar refractivity (Wildman–Crippen MR) is 67.7 cm³/mol. The highest BCUT2D eigenvalue weighted by Crippen LogP contribution is 2.22. The van der Waals surface area contributed by atoms with Crippen LogP contribution in [-0.2, 0) is 9.53 Å².